The molecule has 2 aromatic rings. The number of rotatable bonds is 8. The summed E-state index contributed by atoms with van der Waals surface area (Å²) in [5.74, 6) is -1.04. The van der Waals surface area contributed by atoms with Gasteiger partial charge in [0.25, 0.3) is 18.2 Å². The molecule has 4 rings (SSSR count). The lowest BCUT2D eigenvalue weighted by molar-refractivity contribution is 0.0772. The topological polar surface area (TPSA) is 103 Å². The third-order valence-electron chi connectivity index (χ3n) is 5.89. The highest BCUT2D eigenvalue weighted by molar-refractivity contribution is 8.03. The molecule has 0 spiro atoms. The van der Waals surface area contributed by atoms with Crippen LogP contribution in [0, 0.1) is 17.1 Å². The average molecular weight is 539 g/mol. The minimum Gasteiger partial charge on any atom is -0.472 e. The van der Waals surface area contributed by atoms with Crippen LogP contribution in [-0.2, 0) is 0 Å². The summed E-state index contributed by atoms with van der Waals surface area (Å²) >= 11 is 7.26. The molecule has 1 amide bonds. The van der Waals surface area contributed by atoms with E-state index in [1.165, 1.54) is 36.3 Å². The molecule has 1 aromatic carbocycles. The van der Waals surface area contributed by atoms with E-state index in [2.05, 4.69) is 20.6 Å². The molecule has 1 aromatic heterocycles. The first-order valence-corrected chi connectivity index (χ1v) is 12.5. The van der Waals surface area contributed by atoms with E-state index in [1.54, 1.807) is 0 Å². The molecule has 2 N–H and O–H groups in total. The van der Waals surface area contributed by atoms with E-state index in [1.807, 2.05) is 11.0 Å². The summed E-state index contributed by atoms with van der Waals surface area (Å²) in [7, 11) is 0. The van der Waals surface area contributed by atoms with Crippen molar-refractivity contribution in [3.63, 3.8) is 0 Å². The number of likely N-dealkylation sites (tertiary alicyclic amines) is 1. The molecule has 13 heteroatoms. The number of hydrogen-bond acceptors (Lipinski definition) is 8. The molecule has 36 heavy (non-hydrogen) atoms. The van der Waals surface area contributed by atoms with E-state index in [0.717, 1.165) is 6.07 Å². The van der Waals surface area contributed by atoms with E-state index in [-0.39, 0.29) is 40.5 Å². The van der Waals surface area contributed by atoms with Crippen molar-refractivity contribution >= 4 is 29.3 Å². The molecule has 1 atom stereocenters. The first kappa shape index (κ1) is 26.1. The Kier molecular flexibility index (Phi) is 8.56. The van der Waals surface area contributed by atoms with Crippen molar-refractivity contribution in [2.24, 2.45) is 0 Å². The second kappa shape index (κ2) is 11.8. The average Bonchev–Trinajstić information content (AvgIpc) is 3.35. The Morgan fingerprint density at radius 1 is 1.33 bits per heavy atom. The fraction of sp³-hybridized carbons (Fsp3) is 0.391. The second-order valence-electron chi connectivity index (χ2n) is 8.04. The standard InChI is InChI=1S/C23H22ClF3N6O2S/c24-14-2-1-3-15(25)18(14)22(34)31-11-17(20-19(21(26)27)32-12-36-20)33-8-4-13(5-9-33)35-23-16(10-28)29-6-7-30-23/h1-3,6-7,13,17,21,32H,4-5,8-9,11-12H2,(H,31,34). The van der Waals surface area contributed by atoms with E-state index < -0.39 is 24.2 Å². The van der Waals surface area contributed by atoms with Crippen LogP contribution in [0.15, 0.2) is 41.2 Å². The third kappa shape index (κ3) is 5.86. The van der Waals surface area contributed by atoms with Crippen LogP contribution in [0.5, 0.6) is 5.88 Å². The molecule has 2 aliphatic rings. The van der Waals surface area contributed by atoms with Crippen LogP contribution in [0.2, 0.25) is 5.02 Å². The van der Waals surface area contributed by atoms with Crippen molar-refractivity contribution in [3.05, 3.63) is 63.3 Å². The number of carbonyl (C=O) groups is 1. The number of nitriles is 1. The van der Waals surface area contributed by atoms with Crippen LogP contribution in [0.25, 0.3) is 0 Å². The van der Waals surface area contributed by atoms with E-state index in [9.17, 15) is 23.2 Å². The van der Waals surface area contributed by atoms with Crippen LogP contribution < -0.4 is 15.4 Å². The van der Waals surface area contributed by atoms with Gasteiger partial charge in [-0.3, -0.25) is 9.69 Å². The first-order valence-electron chi connectivity index (χ1n) is 11.1. The number of halogens is 4. The van der Waals surface area contributed by atoms with Gasteiger partial charge < -0.3 is 15.4 Å². The van der Waals surface area contributed by atoms with Gasteiger partial charge in [0.05, 0.1) is 28.2 Å². The van der Waals surface area contributed by atoms with Crippen LogP contribution in [0.3, 0.4) is 0 Å². The molecule has 0 radical (unpaired) electrons. The Hall–Kier alpha value is -3.01. The molecule has 1 unspecified atom stereocenters. The van der Waals surface area contributed by atoms with Crippen molar-refractivity contribution in [2.45, 2.75) is 31.4 Å². The zero-order valence-corrected chi connectivity index (χ0v) is 20.5. The number of benzene rings is 1. The number of ether oxygens (including phenoxy) is 1. The highest BCUT2D eigenvalue weighted by Crippen LogP contribution is 2.34. The van der Waals surface area contributed by atoms with Gasteiger partial charge in [-0.2, -0.15) is 5.26 Å². The minimum absolute atomic E-state index is 0.0159. The van der Waals surface area contributed by atoms with Crippen LogP contribution in [-0.4, -0.2) is 64.9 Å². The third-order valence-corrected chi connectivity index (χ3v) is 7.30. The molecule has 0 saturated carbocycles. The zero-order chi connectivity index (χ0) is 25.7. The lowest BCUT2D eigenvalue weighted by Gasteiger charge is -2.38. The summed E-state index contributed by atoms with van der Waals surface area (Å²) < 4.78 is 47.5. The first-order chi connectivity index (χ1) is 17.4. The summed E-state index contributed by atoms with van der Waals surface area (Å²) in [5.41, 5.74) is -0.366. The number of carbonyl (C=O) groups excluding carboxylic acids is 1. The van der Waals surface area contributed by atoms with E-state index >= 15 is 0 Å². The van der Waals surface area contributed by atoms with Crippen LogP contribution in [0.4, 0.5) is 13.2 Å². The van der Waals surface area contributed by atoms with Crippen molar-refractivity contribution in [1.82, 2.24) is 25.5 Å². The molecule has 3 heterocycles. The summed E-state index contributed by atoms with van der Waals surface area (Å²) in [5, 5.41) is 14.5. The Balaban J connectivity index is 1.48. The number of aromatic nitrogens is 2. The maximum absolute atomic E-state index is 14.2. The van der Waals surface area contributed by atoms with Gasteiger partial charge >= 0.3 is 0 Å². The number of piperidine rings is 1. The summed E-state index contributed by atoms with van der Waals surface area (Å²) in [4.78, 5) is 23.2. The smallest absolute Gasteiger partial charge is 0.278 e. The SMILES string of the molecule is N#Cc1nccnc1OC1CCN(C(CNC(=O)c2c(F)cccc2Cl)C2=C(C(F)F)NCS2)CC1. The Bertz CT molecular complexity index is 1170. The molecular weight excluding hydrogens is 517 g/mol. The molecule has 1 fully saturated rings. The lowest BCUT2D eigenvalue weighted by Crippen LogP contribution is -2.49. The number of amides is 1. The fourth-order valence-corrected chi connectivity index (χ4v) is 5.52. The molecule has 2 aliphatic heterocycles. The van der Waals surface area contributed by atoms with Gasteiger partial charge in [-0.25, -0.2) is 23.1 Å². The number of hydrogen-bond donors (Lipinski definition) is 2. The van der Waals surface area contributed by atoms with Gasteiger partial charge in [0.2, 0.25) is 5.69 Å². The fourth-order valence-electron chi connectivity index (χ4n) is 4.15. The monoisotopic (exact) mass is 538 g/mol. The van der Waals surface area contributed by atoms with Crippen molar-refractivity contribution in [1.29, 1.82) is 5.26 Å². The predicted octanol–water partition coefficient (Wildman–Crippen LogP) is 3.55. The van der Waals surface area contributed by atoms with Gasteiger partial charge in [0, 0.05) is 36.9 Å². The quantitative estimate of drug-likeness (QED) is 0.526. The van der Waals surface area contributed by atoms with Crippen molar-refractivity contribution in [2.75, 3.05) is 25.5 Å². The second-order valence-corrected chi connectivity index (χ2v) is 9.47. The molecular formula is C23H22ClF3N6O2S. The Morgan fingerprint density at radius 3 is 2.78 bits per heavy atom. The van der Waals surface area contributed by atoms with Crippen molar-refractivity contribution < 1.29 is 22.7 Å². The molecule has 0 aliphatic carbocycles. The largest absolute Gasteiger partial charge is 0.472 e. The molecule has 0 bridgehead atoms. The van der Waals surface area contributed by atoms with Crippen LogP contribution in [0.1, 0.15) is 28.9 Å². The number of alkyl halides is 2. The van der Waals surface area contributed by atoms with Crippen molar-refractivity contribution in [3.8, 4) is 11.9 Å². The zero-order valence-electron chi connectivity index (χ0n) is 18.9. The summed E-state index contributed by atoms with van der Waals surface area (Å²) in [6, 6.07) is 5.31. The van der Waals surface area contributed by atoms with Gasteiger partial charge in [-0.15, -0.1) is 11.8 Å². The number of nitrogens with zero attached hydrogens (tertiary/aromatic N) is 4. The molecule has 190 valence electrons. The predicted molar refractivity (Wildman–Crippen MR) is 128 cm³/mol. The molecule has 1 saturated heterocycles. The van der Waals surface area contributed by atoms with E-state index in [4.69, 9.17) is 16.3 Å². The number of nitrogens with one attached hydrogen (secondary N) is 2. The maximum Gasteiger partial charge on any atom is 0.278 e. The number of allylic oxidation sites excluding steroid dienone is 1. The molecule has 8 nitrogen and oxygen atoms in total. The highest BCUT2D eigenvalue weighted by atomic mass is 35.5. The minimum atomic E-state index is -2.70. The normalized spacial score (nSPS) is 17.6. The van der Waals surface area contributed by atoms with Gasteiger partial charge in [-0.05, 0) is 25.0 Å². The van der Waals surface area contributed by atoms with Crippen LogP contribution >= 0.6 is 23.4 Å². The van der Waals surface area contributed by atoms with Gasteiger partial charge in [-0.1, -0.05) is 17.7 Å². The Morgan fingerprint density at radius 2 is 2.08 bits per heavy atom. The van der Waals surface area contributed by atoms with Gasteiger partial charge in [0.15, 0.2) is 0 Å². The summed E-state index contributed by atoms with van der Waals surface area (Å²) in [6.07, 6.45) is 0.991. The highest BCUT2D eigenvalue weighted by Gasteiger charge is 2.35. The summed E-state index contributed by atoms with van der Waals surface area (Å²) in [6.45, 7) is 0.945. The lowest BCUT2D eigenvalue weighted by atomic mass is 10.0. The van der Waals surface area contributed by atoms with E-state index in [0.29, 0.717) is 36.7 Å². The van der Waals surface area contributed by atoms with Gasteiger partial charge in [0.1, 0.15) is 18.0 Å². The maximum atomic E-state index is 14.2. The number of thioether (sulfide) groups is 1. The Labute approximate surface area is 214 Å².